The Balaban J connectivity index is 3.15. The summed E-state index contributed by atoms with van der Waals surface area (Å²) in [6.45, 7) is 2.15. The topological polar surface area (TPSA) is 26.3 Å². The maximum atomic E-state index is 10.7. The van der Waals surface area contributed by atoms with Crippen molar-refractivity contribution < 1.29 is 9.53 Å². The second-order valence-corrected chi connectivity index (χ2v) is 2.73. The predicted octanol–water partition coefficient (Wildman–Crippen LogP) is 2.69. The maximum Gasteiger partial charge on any atom is 0.305 e. The molecule has 0 saturated carbocycles. The zero-order valence-electron chi connectivity index (χ0n) is 8.01. The second-order valence-electron chi connectivity index (χ2n) is 2.73. The minimum atomic E-state index is -0.112. The van der Waals surface area contributed by atoms with E-state index in [1.165, 1.54) is 13.5 Å². The lowest BCUT2D eigenvalue weighted by molar-refractivity contribution is -0.140. The molecule has 0 spiro atoms. The van der Waals surface area contributed by atoms with E-state index in [0.717, 1.165) is 19.3 Å². The highest BCUT2D eigenvalue weighted by atomic mass is 16.5. The van der Waals surface area contributed by atoms with Crippen LogP contribution >= 0.6 is 0 Å². The number of carbonyl (C=O) groups is 1. The van der Waals surface area contributed by atoms with Crippen LogP contribution in [0.4, 0.5) is 0 Å². The molecular formula is C10H18O2. The molecule has 0 heterocycles. The van der Waals surface area contributed by atoms with E-state index in [-0.39, 0.29) is 5.97 Å². The van der Waals surface area contributed by atoms with Crippen LogP contribution in [0.25, 0.3) is 0 Å². The number of methoxy groups -OCH3 is 1. The van der Waals surface area contributed by atoms with Gasteiger partial charge >= 0.3 is 5.97 Å². The highest BCUT2D eigenvalue weighted by Crippen LogP contribution is 1.99. The third kappa shape index (κ3) is 7.32. The van der Waals surface area contributed by atoms with Crippen molar-refractivity contribution in [3.05, 3.63) is 12.2 Å². The Hall–Kier alpha value is -0.790. The van der Waals surface area contributed by atoms with Crippen LogP contribution in [0.3, 0.4) is 0 Å². The number of allylic oxidation sites excluding steroid dienone is 2. The van der Waals surface area contributed by atoms with Gasteiger partial charge in [0.15, 0.2) is 0 Å². The van der Waals surface area contributed by atoms with Gasteiger partial charge in [-0.2, -0.15) is 0 Å². The van der Waals surface area contributed by atoms with Crippen molar-refractivity contribution in [2.24, 2.45) is 0 Å². The number of rotatable bonds is 6. The molecule has 0 N–H and O–H groups in total. The minimum Gasteiger partial charge on any atom is -0.469 e. The van der Waals surface area contributed by atoms with Crippen molar-refractivity contribution >= 4 is 5.97 Å². The Kier molecular flexibility index (Phi) is 7.76. The van der Waals surface area contributed by atoms with Crippen molar-refractivity contribution in [2.45, 2.75) is 39.0 Å². The van der Waals surface area contributed by atoms with Crippen molar-refractivity contribution in [3.8, 4) is 0 Å². The predicted molar refractivity (Wildman–Crippen MR) is 49.9 cm³/mol. The lowest BCUT2D eigenvalue weighted by Crippen LogP contribution is -1.98. The average molecular weight is 170 g/mol. The van der Waals surface area contributed by atoms with Crippen molar-refractivity contribution in [1.82, 2.24) is 0 Å². The van der Waals surface area contributed by atoms with Gasteiger partial charge in [0.05, 0.1) is 7.11 Å². The molecule has 2 nitrogen and oxygen atoms in total. The molecule has 0 bridgehead atoms. The lowest BCUT2D eigenvalue weighted by Gasteiger charge is -1.95. The molecule has 70 valence electrons. The summed E-state index contributed by atoms with van der Waals surface area (Å²) in [7, 11) is 1.43. The molecule has 0 fully saturated rings. The van der Waals surface area contributed by atoms with Crippen molar-refractivity contribution in [3.63, 3.8) is 0 Å². The third-order valence-corrected chi connectivity index (χ3v) is 1.60. The normalized spacial score (nSPS) is 10.5. The SMILES string of the molecule is CCC/C=C\CCCC(=O)OC. The van der Waals surface area contributed by atoms with Crippen LogP contribution in [0.2, 0.25) is 0 Å². The van der Waals surface area contributed by atoms with Gasteiger partial charge in [-0.05, 0) is 19.3 Å². The van der Waals surface area contributed by atoms with Crippen LogP contribution < -0.4 is 0 Å². The first-order valence-electron chi connectivity index (χ1n) is 4.53. The zero-order valence-corrected chi connectivity index (χ0v) is 8.01. The average Bonchev–Trinajstić information content (AvgIpc) is 2.10. The fourth-order valence-electron chi connectivity index (χ4n) is 0.869. The van der Waals surface area contributed by atoms with E-state index >= 15 is 0 Å². The van der Waals surface area contributed by atoms with Crippen LogP contribution in [-0.4, -0.2) is 13.1 Å². The molecule has 0 aromatic heterocycles. The van der Waals surface area contributed by atoms with E-state index in [0.29, 0.717) is 6.42 Å². The van der Waals surface area contributed by atoms with Gasteiger partial charge in [-0.1, -0.05) is 25.5 Å². The number of hydrogen-bond donors (Lipinski definition) is 0. The van der Waals surface area contributed by atoms with Gasteiger partial charge in [-0.25, -0.2) is 0 Å². The Bertz CT molecular complexity index is 139. The largest absolute Gasteiger partial charge is 0.469 e. The summed E-state index contributed by atoms with van der Waals surface area (Å²) in [4.78, 5) is 10.7. The van der Waals surface area contributed by atoms with E-state index in [1.807, 2.05) is 0 Å². The van der Waals surface area contributed by atoms with E-state index in [2.05, 4.69) is 23.8 Å². The van der Waals surface area contributed by atoms with Crippen LogP contribution in [0.5, 0.6) is 0 Å². The molecule has 0 unspecified atom stereocenters. The molecule has 0 radical (unpaired) electrons. The third-order valence-electron chi connectivity index (χ3n) is 1.60. The molecule has 0 saturated heterocycles. The van der Waals surface area contributed by atoms with Gasteiger partial charge in [0.25, 0.3) is 0 Å². The van der Waals surface area contributed by atoms with Gasteiger partial charge in [0, 0.05) is 6.42 Å². The zero-order chi connectivity index (χ0) is 9.23. The summed E-state index contributed by atoms with van der Waals surface area (Å²) < 4.78 is 4.51. The smallest absolute Gasteiger partial charge is 0.305 e. The molecule has 0 aromatic rings. The van der Waals surface area contributed by atoms with Crippen LogP contribution in [0.1, 0.15) is 39.0 Å². The van der Waals surface area contributed by atoms with E-state index < -0.39 is 0 Å². The summed E-state index contributed by atoms with van der Waals surface area (Å²) >= 11 is 0. The fraction of sp³-hybridized carbons (Fsp3) is 0.700. The minimum absolute atomic E-state index is 0.112. The Morgan fingerprint density at radius 3 is 2.58 bits per heavy atom. The van der Waals surface area contributed by atoms with Crippen LogP contribution in [-0.2, 0) is 9.53 Å². The number of unbranched alkanes of at least 4 members (excludes halogenated alkanes) is 2. The lowest BCUT2D eigenvalue weighted by atomic mass is 10.2. The molecule has 0 rings (SSSR count). The molecule has 0 aliphatic carbocycles. The van der Waals surface area contributed by atoms with E-state index in [9.17, 15) is 4.79 Å². The van der Waals surface area contributed by atoms with Gasteiger partial charge in [0.2, 0.25) is 0 Å². The van der Waals surface area contributed by atoms with E-state index in [1.54, 1.807) is 0 Å². The van der Waals surface area contributed by atoms with Gasteiger partial charge in [0.1, 0.15) is 0 Å². The van der Waals surface area contributed by atoms with E-state index in [4.69, 9.17) is 0 Å². The van der Waals surface area contributed by atoms with Crippen LogP contribution in [0.15, 0.2) is 12.2 Å². The Morgan fingerprint density at radius 1 is 1.33 bits per heavy atom. The highest BCUT2D eigenvalue weighted by Gasteiger charge is 1.96. The second kappa shape index (κ2) is 8.31. The molecular weight excluding hydrogens is 152 g/mol. The number of carbonyl (C=O) groups excluding carboxylic acids is 1. The molecule has 0 aromatic carbocycles. The highest BCUT2D eigenvalue weighted by molar-refractivity contribution is 5.68. The summed E-state index contributed by atoms with van der Waals surface area (Å²) in [5.74, 6) is -0.112. The number of esters is 1. The molecule has 0 aliphatic rings. The molecule has 2 heteroatoms. The van der Waals surface area contributed by atoms with Gasteiger partial charge in [-0.3, -0.25) is 4.79 Å². The first kappa shape index (κ1) is 11.2. The van der Waals surface area contributed by atoms with Crippen molar-refractivity contribution in [1.29, 1.82) is 0 Å². The summed E-state index contributed by atoms with van der Waals surface area (Å²) in [5, 5.41) is 0. The van der Waals surface area contributed by atoms with Gasteiger partial charge < -0.3 is 4.74 Å². The molecule has 12 heavy (non-hydrogen) atoms. The molecule has 0 amide bonds. The molecule has 0 aliphatic heterocycles. The monoisotopic (exact) mass is 170 g/mol. The molecule has 0 atom stereocenters. The van der Waals surface area contributed by atoms with Gasteiger partial charge in [-0.15, -0.1) is 0 Å². The fourth-order valence-corrected chi connectivity index (χ4v) is 0.869. The Morgan fingerprint density at radius 2 is 2.00 bits per heavy atom. The summed E-state index contributed by atoms with van der Waals surface area (Å²) in [6.07, 6.45) is 9.03. The summed E-state index contributed by atoms with van der Waals surface area (Å²) in [6, 6.07) is 0. The Labute approximate surface area is 74.6 Å². The first-order chi connectivity index (χ1) is 5.81. The standard InChI is InChI=1S/C10H18O2/c1-3-4-5-6-7-8-9-10(11)12-2/h5-6H,3-4,7-9H2,1-2H3/b6-5-. The number of hydrogen-bond acceptors (Lipinski definition) is 2. The van der Waals surface area contributed by atoms with Crippen molar-refractivity contribution in [2.75, 3.05) is 7.11 Å². The number of ether oxygens (including phenoxy) is 1. The maximum absolute atomic E-state index is 10.7. The first-order valence-corrected chi connectivity index (χ1v) is 4.53. The van der Waals surface area contributed by atoms with Crippen LogP contribution in [0, 0.1) is 0 Å². The summed E-state index contributed by atoms with van der Waals surface area (Å²) in [5.41, 5.74) is 0. The quantitative estimate of drug-likeness (QED) is 0.348.